The summed E-state index contributed by atoms with van der Waals surface area (Å²) in [4.78, 5) is 0. The van der Waals surface area contributed by atoms with Crippen molar-refractivity contribution in [1.82, 2.24) is 0 Å². The number of aliphatic hydroxyl groups excluding tert-OH is 2. The molecule has 3 nitrogen and oxygen atoms in total. The van der Waals surface area contributed by atoms with Crippen molar-refractivity contribution in [2.24, 2.45) is 10.8 Å². The minimum Gasteiger partial charge on any atom is -0.393 e. The highest BCUT2D eigenvalue weighted by Gasteiger charge is 2.71. The summed E-state index contributed by atoms with van der Waals surface area (Å²) >= 11 is 0. The fraction of sp³-hybridized carbons (Fsp3) is 0.867. The summed E-state index contributed by atoms with van der Waals surface area (Å²) in [5.41, 5.74) is 0.741. The average molecular weight is 252 g/mol. The highest BCUT2D eigenvalue weighted by Crippen LogP contribution is 2.68. The molecule has 3 rings (SSSR count). The van der Waals surface area contributed by atoms with E-state index in [0.29, 0.717) is 6.42 Å². The third-order valence-corrected chi connectivity index (χ3v) is 6.19. The zero-order chi connectivity index (χ0) is 13.2. The van der Waals surface area contributed by atoms with Crippen molar-refractivity contribution in [2.75, 3.05) is 6.61 Å². The van der Waals surface area contributed by atoms with Crippen LogP contribution in [0.1, 0.15) is 46.5 Å². The van der Waals surface area contributed by atoms with E-state index in [4.69, 9.17) is 4.74 Å². The van der Waals surface area contributed by atoms with Gasteiger partial charge in [-0.15, -0.1) is 0 Å². The molecule has 1 aliphatic heterocycles. The third kappa shape index (κ3) is 1.25. The third-order valence-electron chi connectivity index (χ3n) is 6.19. The van der Waals surface area contributed by atoms with Gasteiger partial charge in [0.05, 0.1) is 18.8 Å². The number of hydrogen-bond acceptors (Lipinski definition) is 3. The van der Waals surface area contributed by atoms with Crippen LogP contribution in [0.5, 0.6) is 0 Å². The summed E-state index contributed by atoms with van der Waals surface area (Å²) in [5, 5.41) is 19.9. The van der Waals surface area contributed by atoms with Gasteiger partial charge in [0.15, 0.2) is 0 Å². The minimum atomic E-state index is -0.549. The second-order valence-corrected chi connectivity index (χ2v) is 7.02. The van der Waals surface area contributed by atoms with E-state index in [0.717, 1.165) is 19.3 Å². The van der Waals surface area contributed by atoms with E-state index in [1.165, 1.54) is 5.57 Å². The molecule has 1 heterocycles. The lowest BCUT2D eigenvalue weighted by Crippen LogP contribution is -2.49. The van der Waals surface area contributed by atoms with Gasteiger partial charge in [-0.25, -0.2) is 0 Å². The number of hydrogen-bond donors (Lipinski definition) is 2. The van der Waals surface area contributed by atoms with Crippen LogP contribution in [0.4, 0.5) is 0 Å². The fourth-order valence-electron chi connectivity index (χ4n) is 4.67. The molecule has 0 unspecified atom stereocenters. The second kappa shape index (κ2) is 3.59. The normalized spacial score (nSPS) is 55.1. The lowest BCUT2D eigenvalue weighted by atomic mass is 9.55. The summed E-state index contributed by atoms with van der Waals surface area (Å²) in [6.45, 7) is 6.64. The Kier molecular flexibility index (Phi) is 2.52. The molecule has 2 N–H and O–H groups in total. The fourth-order valence-corrected chi connectivity index (χ4v) is 4.67. The first kappa shape index (κ1) is 12.6. The summed E-state index contributed by atoms with van der Waals surface area (Å²) in [6.07, 6.45) is 5.49. The van der Waals surface area contributed by atoms with Gasteiger partial charge < -0.3 is 14.9 Å². The Morgan fingerprint density at radius 3 is 2.78 bits per heavy atom. The smallest absolute Gasteiger partial charge is 0.100 e. The predicted octanol–water partition coefficient (Wildman–Crippen LogP) is 2.02. The molecule has 3 heteroatoms. The molecule has 0 aromatic heterocycles. The number of allylic oxidation sites excluding steroid dienone is 1. The van der Waals surface area contributed by atoms with Gasteiger partial charge in [0.25, 0.3) is 0 Å². The first-order valence-corrected chi connectivity index (χ1v) is 7.01. The first-order valence-electron chi connectivity index (χ1n) is 7.01. The lowest BCUT2D eigenvalue weighted by Gasteiger charge is -2.46. The first-order chi connectivity index (χ1) is 8.37. The van der Waals surface area contributed by atoms with E-state index < -0.39 is 5.60 Å². The number of aliphatic hydroxyl groups is 2. The Morgan fingerprint density at radius 1 is 1.39 bits per heavy atom. The second-order valence-electron chi connectivity index (χ2n) is 7.02. The van der Waals surface area contributed by atoms with Crippen molar-refractivity contribution in [2.45, 2.75) is 64.3 Å². The highest BCUT2D eigenvalue weighted by atomic mass is 16.5. The van der Waals surface area contributed by atoms with Crippen LogP contribution in [0.3, 0.4) is 0 Å². The van der Waals surface area contributed by atoms with Crippen molar-refractivity contribution in [3.8, 4) is 0 Å². The van der Waals surface area contributed by atoms with Crippen molar-refractivity contribution < 1.29 is 14.9 Å². The molecular weight excluding hydrogens is 228 g/mol. The molecule has 0 bridgehead atoms. The minimum absolute atomic E-state index is 0.0134. The Morgan fingerprint density at radius 2 is 2.11 bits per heavy atom. The van der Waals surface area contributed by atoms with Gasteiger partial charge in [-0.1, -0.05) is 25.5 Å². The molecule has 0 spiro atoms. The zero-order valence-electron chi connectivity index (χ0n) is 11.6. The Labute approximate surface area is 109 Å². The van der Waals surface area contributed by atoms with Crippen LogP contribution >= 0.6 is 0 Å². The molecule has 0 aromatic rings. The SMILES string of the molecule is CC1=C[C@H]2O[C@]3(CO)C[C@H](O)C[C@]3(C)[C@@]2(C)CC1. The standard InChI is InChI=1S/C15H24O3/c1-10-4-5-13(2)12(6-10)18-15(9-16)8-11(17)7-14(13,15)3/h6,11-12,16-17H,4-5,7-9H2,1-3H3/t11-,12-,13+,14-,15+/m1/s1. The molecule has 3 aliphatic rings. The van der Waals surface area contributed by atoms with Crippen LogP contribution in [-0.2, 0) is 4.74 Å². The molecule has 0 aromatic carbocycles. The van der Waals surface area contributed by atoms with Gasteiger partial charge >= 0.3 is 0 Å². The Hall–Kier alpha value is -0.380. The Bertz CT molecular complexity index is 405. The maximum Gasteiger partial charge on any atom is 0.100 e. The Balaban J connectivity index is 2.08. The van der Waals surface area contributed by atoms with E-state index >= 15 is 0 Å². The van der Waals surface area contributed by atoms with E-state index in [1.54, 1.807) is 0 Å². The molecular formula is C15H24O3. The molecule has 0 radical (unpaired) electrons. The van der Waals surface area contributed by atoms with E-state index in [-0.39, 0.29) is 29.6 Å². The quantitative estimate of drug-likeness (QED) is 0.702. The largest absolute Gasteiger partial charge is 0.393 e. The molecule has 2 aliphatic carbocycles. The van der Waals surface area contributed by atoms with Crippen LogP contribution in [0.2, 0.25) is 0 Å². The van der Waals surface area contributed by atoms with Gasteiger partial charge in [0.1, 0.15) is 5.60 Å². The van der Waals surface area contributed by atoms with Gasteiger partial charge in [-0.2, -0.15) is 0 Å². The molecule has 5 atom stereocenters. The molecule has 1 saturated carbocycles. The number of ether oxygens (including phenoxy) is 1. The van der Waals surface area contributed by atoms with Crippen molar-refractivity contribution in [1.29, 1.82) is 0 Å². The molecule has 1 saturated heterocycles. The lowest BCUT2D eigenvalue weighted by molar-refractivity contribution is -0.0942. The number of fused-ring (bicyclic) bond motifs is 3. The number of rotatable bonds is 1. The zero-order valence-corrected chi connectivity index (χ0v) is 11.6. The van der Waals surface area contributed by atoms with E-state index in [2.05, 4.69) is 26.8 Å². The average Bonchev–Trinajstić information content (AvgIpc) is 2.65. The van der Waals surface area contributed by atoms with Gasteiger partial charge in [-0.3, -0.25) is 0 Å². The van der Waals surface area contributed by atoms with Crippen molar-refractivity contribution in [3.05, 3.63) is 11.6 Å². The monoisotopic (exact) mass is 252 g/mol. The summed E-state index contributed by atoms with van der Waals surface area (Å²) < 4.78 is 6.29. The van der Waals surface area contributed by atoms with E-state index in [1.807, 2.05) is 0 Å². The van der Waals surface area contributed by atoms with Gasteiger partial charge in [-0.05, 0) is 26.2 Å². The van der Waals surface area contributed by atoms with Crippen LogP contribution in [0, 0.1) is 10.8 Å². The van der Waals surface area contributed by atoms with Crippen molar-refractivity contribution >= 4 is 0 Å². The molecule has 18 heavy (non-hydrogen) atoms. The van der Waals surface area contributed by atoms with Crippen LogP contribution in [0.25, 0.3) is 0 Å². The molecule has 102 valence electrons. The van der Waals surface area contributed by atoms with Crippen LogP contribution < -0.4 is 0 Å². The molecule has 0 amide bonds. The highest BCUT2D eigenvalue weighted by molar-refractivity contribution is 5.26. The maximum absolute atomic E-state index is 10.0. The van der Waals surface area contributed by atoms with Crippen LogP contribution in [-0.4, -0.2) is 34.6 Å². The predicted molar refractivity (Wildman–Crippen MR) is 69.1 cm³/mol. The summed E-state index contributed by atoms with van der Waals surface area (Å²) in [6, 6.07) is 0. The summed E-state index contributed by atoms with van der Waals surface area (Å²) in [7, 11) is 0. The van der Waals surface area contributed by atoms with Gasteiger partial charge in [0.2, 0.25) is 0 Å². The van der Waals surface area contributed by atoms with Crippen molar-refractivity contribution in [3.63, 3.8) is 0 Å². The molecule has 2 fully saturated rings. The topological polar surface area (TPSA) is 49.7 Å². The van der Waals surface area contributed by atoms with Gasteiger partial charge in [0, 0.05) is 17.3 Å². The summed E-state index contributed by atoms with van der Waals surface area (Å²) in [5.74, 6) is 0. The van der Waals surface area contributed by atoms with Crippen LogP contribution in [0.15, 0.2) is 11.6 Å². The maximum atomic E-state index is 10.0. The van der Waals surface area contributed by atoms with E-state index in [9.17, 15) is 10.2 Å².